The van der Waals surface area contributed by atoms with Crippen LogP contribution in [0.3, 0.4) is 0 Å². The van der Waals surface area contributed by atoms with Crippen LogP contribution in [0.2, 0.25) is 0 Å². The Morgan fingerprint density at radius 3 is 3.00 bits per heavy atom. The molecule has 1 aliphatic rings. The fourth-order valence-electron chi connectivity index (χ4n) is 3.53. The number of imidazole rings is 1. The maximum absolute atomic E-state index is 12.6. The van der Waals surface area contributed by atoms with Gasteiger partial charge in [-0.2, -0.15) is 0 Å². The minimum Gasteiger partial charge on any atom is -0.472 e. The molecule has 0 radical (unpaired) electrons. The van der Waals surface area contributed by atoms with Gasteiger partial charge in [-0.25, -0.2) is 4.98 Å². The zero-order valence-electron chi connectivity index (χ0n) is 14.1. The highest BCUT2D eigenvalue weighted by molar-refractivity contribution is 5.93. The van der Waals surface area contributed by atoms with Crippen molar-refractivity contribution in [3.63, 3.8) is 0 Å². The van der Waals surface area contributed by atoms with E-state index in [-0.39, 0.29) is 11.9 Å². The van der Waals surface area contributed by atoms with E-state index in [4.69, 9.17) is 4.42 Å². The molecule has 25 heavy (non-hydrogen) atoms. The fourth-order valence-corrected chi connectivity index (χ4v) is 3.53. The molecule has 1 fully saturated rings. The van der Waals surface area contributed by atoms with Crippen molar-refractivity contribution in [3.05, 3.63) is 60.6 Å². The van der Waals surface area contributed by atoms with Crippen LogP contribution < -0.4 is 0 Å². The third-order valence-electron chi connectivity index (χ3n) is 4.72. The predicted octanol–water partition coefficient (Wildman–Crippen LogP) is 3.32. The molecule has 0 bridgehead atoms. The van der Waals surface area contributed by atoms with Gasteiger partial charge in [0.2, 0.25) is 0 Å². The molecule has 0 N–H and O–H groups in total. The first-order chi connectivity index (χ1) is 12.2. The average molecular weight is 336 g/mol. The number of amides is 1. The van der Waals surface area contributed by atoms with E-state index in [9.17, 15) is 4.79 Å². The second-order valence-electron chi connectivity index (χ2n) is 6.39. The summed E-state index contributed by atoms with van der Waals surface area (Å²) in [6.45, 7) is 3.51. The summed E-state index contributed by atoms with van der Waals surface area (Å²) in [5.74, 6) is 0.937. The van der Waals surface area contributed by atoms with E-state index in [1.54, 1.807) is 12.3 Å². The number of hydrogen-bond acceptors (Lipinski definition) is 4. The van der Waals surface area contributed by atoms with E-state index in [0.717, 1.165) is 36.5 Å². The lowest BCUT2D eigenvalue weighted by Gasteiger charge is -2.34. The van der Waals surface area contributed by atoms with E-state index >= 15 is 0 Å². The molecule has 1 atom stereocenters. The molecule has 1 saturated heterocycles. The zero-order valence-corrected chi connectivity index (χ0v) is 14.1. The van der Waals surface area contributed by atoms with E-state index < -0.39 is 0 Å². The molecule has 128 valence electrons. The molecule has 4 rings (SSSR count). The smallest absolute Gasteiger partial charge is 0.257 e. The Labute approximate surface area is 146 Å². The third-order valence-corrected chi connectivity index (χ3v) is 4.72. The second kappa shape index (κ2) is 6.55. The summed E-state index contributed by atoms with van der Waals surface area (Å²) in [4.78, 5) is 23.3. The minimum absolute atomic E-state index is 0.0270. The van der Waals surface area contributed by atoms with Gasteiger partial charge in [-0.1, -0.05) is 0 Å². The van der Waals surface area contributed by atoms with Crippen molar-refractivity contribution in [1.82, 2.24) is 19.4 Å². The van der Waals surface area contributed by atoms with E-state index in [1.165, 1.54) is 12.5 Å². The van der Waals surface area contributed by atoms with Gasteiger partial charge in [0.25, 0.3) is 5.91 Å². The molecule has 1 amide bonds. The van der Waals surface area contributed by atoms with Gasteiger partial charge < -0.3 is 13.9 Å². The molecule has 0 spiro atoms. The Hall–Kier alpha value is -2.89. The minimum atomic E-state index is 0.0270. The predicted molar refractivity (Wildman–Crippen MR) is 93.1 cm³/mol. The SMILES string of the molecule is Cc1cnc(-c2cccnc2)n1C1CCCN(C(=O)c2ccoc2)C1. The lowest BCUT2D eigenvalue weighted by Crippen LogP contribution is -2.40. The van der Waals surface area contributed by atoms with E-state index in [2.05, 4.69) is 21.5 Å². The van der Waals surface area contributed by atoms with Crippen LogP contribution in [0.4, 0.5) is 0 Å². The third kappa shape index (κ3) is 2.95. The molecule has 3 aromatic heterocycles. The van der Waals surface area contributed by atoms with Gasteiger partial charge in [-0.05, 0) is 38.0 Å². The molecular formula is C19H20N4O2. The number of carbonyl (C=O) groups excluding carboxylic acids is 1. The van der Waals surface area contributed by atoms with Crippen LogP contribution in [0.1, 0.15) is 34.9 Å². The Bertz CT molecular complexity index is 855. The van der Waals surface area contributed by atoms with Crippen molar-refractivity contribution in [2.75, 3.05) is 13.1 Å². The van der Waals surface area contributed by atoms with Crippen LogP contribution in [0.25, 0.3) is 11.4 Å². The summed E-state index contributed by atoms with van der Waals surface area (Å²) in [7, 11) is 0. The number of hydrogen-bond donors (Lipinski definition) is 0. The Balaban J connectivity index is 1.62. The largest absolute Gasteiger partial charge is 0.472 e. The maximum Gasteiger partial charge on any atom is 0.257 e. The molecule has 1 aliphatic heterocycles. The molecule has 6 heteroatoms. The standard InChI is InChI=1S/C19H20N4O2/c1-14-10-21-18(15-4-2-7-20-11-15)23(14)17-5-3-8-22(12-17)19(24)16-6-9-25-13-16/h2,4,6-7,9-11,13,17H,3,5,8,12H2,1H3. The van der Waals surface area contributed by atoms with Crippen molar-refractivity contribution in [1.29, 1.82) is 0 Å². The second-order valence-corrected chi connectivity index (χ2v) is 6.39. The number of aromatic nitrogens is 3. The first kappa shape index (κ1) is 15.6. The number of pyridine rings is 1. The van der Waals surface area contributed by atoms with E-state index in [1.807, 2.05) is 29.4 Å². The number of nitrogens with zero attached hydrogens (tertiary/aromatic N) is 4. The number of aryl methyl sites for hydroxylation is 1. The van der Waals surface area contributed by atoms with Gasteiger partial charge in [0.15, 0.2) is 0 Å². The van der Waals surface area contributed by atoms with Gasteiger partial charge in [0.05, 0.1) is 17.9 Å². The zero-order chi connectivity index (χ0) is 17.2. The van der Waals surface area contributed by atoms with Crippen LogP contribution >= 0.6 is 0 Å². The molecule has 3 aromatic rings. The summed E-state index contributed by atoms with van der Waals surface area (Å²) >= 11 is 0. The Morgan fingerprint density at radius 1 is 1.32 bits per heavy atom. The lowest BCUT2D eigenvalue weighted by atomic mass is 10.0. The number of likely N-dealkylation sites (tertiary alicyclic amines) is 1. The summed E-state index contributed by atoms with van der Waals surface area (Å²) in [6, 6.07) is 5.86. The summed E-state index contributed by atoms with van der Waals surface area (Å²) in [5, 5.41) is 0. The first-order valence-electron chi connectivity index (χ1n) is 8.50. The fraction of sp³-hybridized carbons (Fsp3) is 0.316. The van der Waals surface area contributed by atoms with Crippen LogP contribution in [-0.4, -0.2) is 38.4 Å². The normalized spacial score (nSPS) is 17.6. The Kier molecular flexibility index (Phi) is 4.09. The maximum atomic E-state index is 12.6. The number of rotatable bonds is 3. The molecule has 0 aromatic carbocycles. The monoisotopic (exact) mass is 336 g/mol. The topological polar surface area (TPSA) is 64.2 Å². The molecule has 0 aliphatic carbocycles. The summed E-state index contributed by atoms with van der Waals surface area (Å²) in [6.07, 6.45) is 10.5. The average Bonchev–Trinajstić information content (AvgIpc) is 3.32. The van der Waals surface area contributed by atoms with Gasteiger partial charge in [-0.3, -0.25) is 9.78 Å². The number of piperidine rings is 1. The van der Waals surface area contributed by atoms with E-state index in [0.29, 0.717) is 12.1 Å². The van der Waals surface area contributed by atoms with Gasteiger partial charge >= 0.3 is 0 Å². The molecule has 0 saturated carbocycles. The van der Waals surface area contributed by atoms with Crippen LogP contribution in [-0.2, 0) is 0 Å². The van der Waals surface area contributed by atoms with Gasteiger partial charge in [-0.15, -0.1) is 0 Å². The molecule has 1 unspecified atom stereocenters. The number of carbonyl (C=O) groups is 1. The van der Waals surface area contributed by atoms with Crippen LogP contribution in [0, 0.1) is 6.92 Å². The van der Waals surface area contributed by atoms with Crippen LogP contribution in [0.15, 0.2) is 53.7 Å². The van der Waals surface area contributed by atoms with Gasteiger partial charge in [0.1, 0.15) is 12.1 Å². The quantitative estimate of drug-likeness (QED) is 0.736. The van der Waals surface area contributed by atoms with Crippen molar-refractivity contribution in [2.45, 2.75) is 25.8 Å². The van der Waals surface area contributed by atoms with Crippen molar-refractivity contribution < 1.29 is 9.21 Å². The van der Waals surface area contributed by atoms with Crippen LogP contribution in [0.5, 0.6) is 0 Å². The first-order valence-corrected chi connectivity index (χ1v) is 8.50. The molecule has 4 heterocycles. The summed E-state index contributed by atoms with van der Waals surface area (Å²) in [5.41, 5.74) is 2.70. The molecular weight excluding hydrogens is 316 g/mol. The highest BCUT2D eigenvalue weighted by Crippen LogP contribution is 2.29. The van der Waals surface area contributed by atoms with Gasteiger partial charge in [0, 0.05) is 42.9 Å². The van der Waals surface area contributed by atoms with Crippen molar-refractivity contribution in [3.8, 4) is 11.4 Å². The Morgan fingerprint density at radius 2 is 2.24 bits per heavy atom. The summed E-state index contributed by atoms with van der Waals surface area (Å²) < 4.78 is 7.29. The van der Waals surface area contributed by atoms with Crippen molar-refractivity contribution >= 4 is 5.91 Å². The molecule has 6 nitrogen and oxygen atoms in total. The number of furan rings is 1. The highest BCUT2D eigenvalue weighted by atomic mass is 16.3. The highest BCUT2D eigenvalue weighted by Gasteiger charge is 2.28. The lowest BCUT2D eigenvalue weighted by molar-refractivity contribution is 0.0678. The van der Waals surface area contributed by atoms with Crippen molar-refractivity contribution in [2.24, 2.45) is 0 Å².